The standard InChI is InChI=1S/C28H21ClN4O6/c1-39-21-11-10-18(33(37)38)14-20(21)32-27(35)22-23(28(32)36)25(26(34)30-17-8-6-16(29)7-9-17)31-13-12-15-4-2-3-5-19(15)24(22)31/h2-14,22-25H,1H3,(H,30,34)/t22-,23-,24+,25+/m1/s1. The number of hydrogen-bond donors (Lipinski definition) is 1. The molecule has 0 spiro atoms. The molecule has 3 aliphatic heterocycles. The molecule has 6 rings (SSSR count). The van der Waals surface area contributed by atoms with Gasteiger partial charge in [-0.05, 0) is 47.5 Å². The van der Waals surface area contributed by atoms with Crippen LogP contribution in [0.25, 0.3) is 6.08 Å². The number of nitrogens with zero attached hydrogens (tertiary/aromatic N) is 3. The van der Waals surface area contributed by atoms with Crippen molar-refractivity contribution in [3.63, 3.8) is 0 Å². The normalized spacial score (nSPS) is 22.8. The van der Waals surface area contributed by atoms with E-state index in [1.807, 2.05) is 30.3 Å². The summed E-state index contributed by atoms with van der Waals surface area (Å²) in [7, 11) is 1.35. The van der Waals surface area contributed by atoms with Gasteiger partial charge in [-0.15, -0.1) is 0 Å². The van der Waals surface area contributed by atoms with Gasteiger partial charge >= 0.3 is 0 Å². The molecule has 39 heavy (non-hydrogen) atoms. The number of imide groups is 1. The van der Waals surface area contributed by atoms with Gasteiger partial charge in [0.1, 0.15) is 17.5 Å². The van der Waals surface area contributed by atoms with Crippen molar-refractivity contribution >= 4 is 52.5 Å². The summed E-state index contributed by atoms with van der Waals surface area (Å²) in [5.41, 5.74) is 1.85. The van der Waals surface area contributed by atoms with Gasteiger partial charge in [0.2, 0.25) is 17.7 Å². The summed E-state index contributed by atoms with van der Waals surface area (Å²) < 4.78 is 5.36. The lowest BCUT2D eigenvalue weighted by Crippen LogP contribution is -2.46. The summed E-state index contributed by atoms with van der Waals surface area (Å²) in [6, 6.07) is 16.2. The number of nitrogens with one attached hydrogen (secondary N) is 1. The molecular formula is C28H21ClN4O6. The van der Waals surface area contributed by atoms with Crippen molar-refractivity contribution in [3.8, 4) is 5.75 Å². The summed E-state index contributed by atoms with van der Waals surface area (Å²) in [5.74, 6) is -3.47. The van der Waals surface area contributed by atoms with E-state index in [0.29, 0.717) is 10.7 Å². The number of nitro benzene ring substituents is 1. The molecule has 0 aromatic heterocycles. The Kier molecular flexibility index (Phi) is 5.84. The Hall–Kier alpha value is -4.70. The minimum atomic E-state index is -1.05. The third-order valence-electron chi connectivity index (χ3n) is 7.46. The van der Waals surface area contributed by atoms with Crippen molar-refractivity contribution in [2.45, 2.75) is 12.1 Å². The molecule has 3 aromatic carbocycles. The van der Waals surface area contributed by atoms with Crippen molar-refractivity contribution in [2.75, 3.05) is 17.3 Å². The number of halogens is 1. The summed E-state index contributed by atoms with van der Waals surface area (Å²) in [6.07, 6.45) is 3.60. The number of carbonyl (C=O) groups excluding carboxylic acids is 3. The molecule has 10 nitrogen and oxygen atoms in total. The molecule has 4 atom stereocenters. The SMILES string of the molecule is COc1ccc([N+](=O)[O-])cc1N1C(=O)[C@@H]2[C@@H](C1=O)[C@@H]1c3ccccc3C=CN1[C@@H]2C(=O)Nc1ccc(Cl)cc1. The first kappa shape index (κ1) is 24.6. The van der Waals surface area contributed by atoms with Crippen molar-refractivity contribution in [3.05, 3.63) is 99.2 Å². The number of fused-ring (bicyclic) bond motifs is 5. The third-order valence-corrected chi connectivity index (χ3v) is 7.71. The lowest BCUT2D eigenvalue weighted by molar-refractivity contribution is -0.384. The molecule has 3 aliphatic rings. The van der Waals surface area contributed by atoms with Gasteiger partial charge in [0.05, 0.1) is 29.9 Å². The fourth-order valence-corrected chi connectivity index (χ4v) is 5.94. The van der Waals surface area contributed by atoms with Crippen LogP contribution in [0, 0.1) is 22.0 Å². The van der Waals surface area contributed by atoms with Gasteiger partial charge in [-0.1, -0.05) is 35.9 Å². The second-order valence-corrected chi connectivity index (χ2v) is 9.89. The highest BCUT2D eigenvalue weighted by molar-refractivity contribution is 6.30. The average molecular weight is 545 g/mol. The average Bonchev–Trinajstić information content (AvgIpc) is 3.41. The quantitative estimate of drug-likeness (QED) is 0.287. The molecule has 0 radical (unpaired) electrons. The topological polar surface area (TPSA) is 122 Å². The maximum Gasteiger partial charge on any atom is 0.271 e. The van der Waals surface area contributed by atoms with Crippen LogP contribution in [0.2, 0.25) is 5.02 Å². The predicted octanol–water partition coefficient (Wildman–Crippen LogP) is 4.41. The summed E-state index contributed by atoms with van der Waals surface area (Å²) >= 11 is 5.98. The lowest BCUT2D eigenvalue weighted by atomic mass is 9.84. The van der Waals surface area contributed by atoms with E-state index < -0.39 is 46.6 Å². The summed E-state index contributed by atoms with van der Waals surface area (Å²) in [6.45, 7) is 0. The van der Waals surface area contributed by atoms with E-state index in [0.717, 1.165) is 22.1 Å². The molecule has 0 aliphatic carbocycles. The third kappa shape index (κ3) is 3.83. The molecule has 0 saturated carbocycles. The van der Waals surface area contributed by atoms with Gasteiger partial charge in [-0.25, -0.2) is 4.90 Å². The van der Waals surface area contributed by atoms with Crippen LogP contribution in [-0.4, -0.2) is 40.7 Å². The highest BCUT2D eigenvalue weighted by Crippen LogP contribution is 2.54. The zero-order valence-electron chi connectivity index (χ0n) is 20.5. The highest BCUT2D eigenvalue weighted by atomic mass is 35.5. The van der Waals surface area contributed by atoms with Crippen molar-refractivity contribution in [1.29, 1.82) is 0 Å². The van der Waals surface area contributed by atoms with Crippen molar-refractivity contribution < 1.29 is 24.0 Å². The van der Waals surface area contributed by atoms with Crippen LogP contribution in [0.4, 0.5) is 17.1 Å². The largest absolute Gasteiger partial charge is 0.495 e. The van der Waals surface area contributed by atoms with Gasteiger partial charge < -0.3 is 15.0 Å². The first-order valence-corrected chi connectivity index (χ1v) is 12.5. The van der Waals surface area contributed by atoms with Crippen LogP contribution in [-0.2, 0) is 14.4 Å². The Balaban J connectivity index is 1.46. The van der Waals surface area contributed by atoms with E-state index in [2.05, 4.69) is 5.32 Å². The minimum Gasteiger partial charge on any atom is -0.495 e. The molecule has 11 heteroatoms. The van der Waals surface area contributed by atoms with Crippen LogP contribution in [0.5, 0.6) is 5.75 Å². The van der Waals surface area contributed by atoms with E-state index in [1.165, 1.54) is 19.2 Å². The first-order valence-electron chi connectivity index (χ1n) is 12.1. The molecule has 2 saturated heterocycles. The molecular weight excluding hydrogens is 524 g/mol. The lowest BCUT2D eigenvalue weighted by Gasteiger charge is -2.35. The van der Waals surface area contributed by atoms with Gasteiger partial charge in [0.15, 0.2) is 0 Å². The molecule has 196 valence electrons. The second kappa shape index (κ2) is 9.25. The van der Waals surface area contributed by atoms with E-state index in [4.69, 9.17) is 16.3 Å². The molecule has 2 fully saturated rings. The molecule has 0 unspecified atom stereocenters. The van der Waals surface area contributed by atoms with E-state index in [-0.39, 0.29) is 17.1 Å². The van der Waals surface area contributed by atoms with Gasteiger partial charge in [-0.2, -0.15) is 0 Å². The number of non-ortho nitro benzene ring substituents is 1. The number of carbonyl (C=O) groups is 3. The second-order valence-electron chi connectivity index (χ2n) is 9.45. The number of ether oxygens (including phenoxy) is 1. The number of nitro groups is 1. The minimum absolute atomic E-state index is 0.0286. The number of hydrogen-bond acceptors (Lipinski definition) is 7. The van der Waals surface area contributed by atoms with Crippen LogP contribution >= 0.6 is 11.6 Å². The molecule has 1 N–H and O–H groups in total. The van der Waals surface area contributed by atoms with E-state index in [9.17, 15) is 24.5 Å². The van der Waals surface area contributed by atoms with Crippen LogP contribution in [0.1, 0.15) is 17.2 Å². The molecule has 3 heterocycles. The smallest absolute Gasteiger partial charge is 0.271 e. The number of methoxy groups -OCH3 is 1. The van der Waals surface area contributed by atoms with Crippen molar-refractivity contribution in [2.24, 2.45) is 11.8 Å². The number of anilines is 2. The zero-order valence-corrected chi connectivity index (χ0v) is 21.2. The van der Waals surface area contributed by atoms with E-state index >= 15 is 0 Å². The monoisotopic (exact) mass is 544 g/mol. The Morgan fingerprint density at radius 2 is 1.74 bits per heavy atom. The Labute approximate surface area is 227 Å². The van der Waals surface area contributed by atoms with Crippen LogP contribution < -0.4 is 15.0 Å². The fraction of sp³-hybridized carbons (Fsp3) is 0.179. The van der Waals surface area contributed by atoms with Gasteiger partial charge in [0.25, 0.3) is 5.69 Å². The Morgan fingerprint density at radius 3 is 2.46 bits per heavy atom. The van der Waals surface area contributed by atoms with Gasteiger partial charge in [-0.3, -0.25) is 24.5 Å². The highest BCUT2D eigenvalue weighted by Gasteiger charge is 2.65. The van der Waals surface area contributed by atoms with E-state index in [1.54, 1.807) is 35.4 Å². The first-order chi connectivity index (χ1) is 18.8. The summed E-state index contributed by atoms with van der Waals surface area (Å²) in [5, 5.41) is 14.8. The Morgan fingerprint density at radius 1 is 1.03 bits per heavy atom. The van der Waals surface area contributed by atoms with Crippen LogP contribution in [0.3, 0.4) is 0 Å². The maximum atomic E-state index is 14.1. The maximum absolute atomic E-state index is 14.1. The number of rotatable bonds is 5. The van der Waals surface area contributed by atoms with Gasteiger partial charge in [0, 0.05) is 29.0 Å². The number of benzene rings is 3. The molecule has 0 bridgehead atoms. The van der Waals surface area contributed by atoms with Crippen LogP contribution in [0.15, 0.2) is 72.9 Å². The zero-order chi connectivity index (χ0) is 27.4. The number of amides is 3. The Bertz CT molecular complexity index is 1570. The molecule has 3 amide bonds. The summed E-state index contributed by atoms with van der Waals surface area (Å²) in [4.78, 5) is 55.4. The van der Waals surface area contributed by atoms with Crippen molar-refractivity contribution in [1.82, 2.24) is 4.90 Å². The fourth-order valence-electron chi connectivity index (χ4n) is 5.81. The predicted molar refractivity (Wildman–Crippen MR) is 143 cm³/mol. The molecule has 3 aromatic rings.